The highest BCUT2D eigenvalue weighted by atomic mass is 16.5. The second kappa shape index (κ2) is 12.0. The average Bonchev–Trinajstić information content (AvgIpc) is 2.91. The third kappa shape index (κ3) is 5.90. The van der Waals surface area contributed by atoms with Crippen LogP contribution in [0, 0.1) is 13.8 Å². The van der Waals surface area contributed by atoms with E-state index in [2.05, 4.69) is 72.6 Å². The van der Waals surface area contributed by atoms with Crippen LogP contribution >= 0.6 is 0 Å². The first-order chi connectivity index (χ1) is 18.7. The molecule has 0 saturated heterocycles. The molecule has 1 heterocycles. The lowest BCUT2D eigenvalue weighted by Crippen LogP contribution is -2.32. The first-order valence-corrected chi connectivity index (χ1v) is 13.3. The number of benzene rings is 3. The summed E-state index contributed by atoms with van der Waals surface area (Å²) in [7, 11) is 0. The van der Waals surface area contributed by atoms with Crippen molar-refractivity contribution in [2.75, 3.05) is 18.1 Å². The fraction of sp³-hybridized carbons (Fsp3) is 0.273. The van der Waals surface area contributed by atoms with Crippen molar-refractivity contribution in [3.05, 3.63) is 112 Å². The molecule has 39 heavy (non-hydrogen) atoms. The van der Waals surface area contributed by atoms with Crippen molar-refractivity contribution in [1.29, 1.82) is 0 Å². The van der Waals surface area contributed by atoms with Crippen LogP contribution in [0.15, 0.2) is 95.3 Å². The van der Waals surface area contributed by atoms with Gasteiger partial charge < -0.3 is 19.7 Å². The molecule has 0 amide bonds. The summed E-state index contributed by atoms with van der Waals surface area (Å²) < 4.78 is 10.8. The number of allylic oxidation sites excluding steroid dienone is 2. The van der Waals surface area contributed by atoms with Crippen LogP contribution in [0.1, 0.15) is 50.3 Å². The van der Waals surface area contributed by atoms with Crippen molar-refractivity contribution in [3.8, 4) is 0 Å². The number of aryl methyl sites for hydroxylation is 2. The van der Waals surface area contributed by atoms with Crippen LogP contribution in [-0.2, 0) is 19.1 Å². The van der Waals surface area contributed by atoms with Crippen LogP contribution in [0.4, 0.5) is 17.1 Å². The summed E-state index contributed by atoms with van der Waals surface area (Å²) in [6.07, 6.45) is 0. The second-order valence-corrected chi connectivity index (χ2v) is 9.67. The quantitative estimate of drug-likeness (QED) is 0.316. The normalized spacial score (nSPS) is 13.7. The third-order valence-electron chi connectivity index (χ3n) is 6.82. The van der Waals surface area contributed by atoms with Gasteiger partial charge in [-0.25, -0.2) is 9.59 Å². The van der Waals surface area contributed by atoms with Gasteiger partial charge in [-0.05, 0) is 83.5 Å². The van der Waals surface area contributed by atoms with Crippen LogP contribution in [0.2, 0.25) is 0 Å². The van der Waals surface area contributed by atoms with Gasteiger partial charge in [0.1, 0.15) is 0 Å². The molecule has 6 nitrogen and oxygen atoms in total. The summed E-state index contributed by atoms with van der Waals surface area (Å²) >= 11 is 0. The molecule has 0 aliphatic carbocycles. The number of nitrogens with zero attached hydrogens (tertiary/aromatic N) is 1. The van der Waals surface area contributed by atoms with Crippen molar-refractivity contribution in [2.24, 2.45) is 0 Å². The highest BCUT2D eigenvalue weighted by molar-refractivity contribution is 6.00. The van der Waals surface area contributed by atoms with Crippen molar-refractivity contribution in [1.82, 2.24) is 5.32 Å². The van der Waals surface area contributed by atoms with Gasteiger partial charge in [-0.1, -0.05) is 47.5 Å². The Balaban J connectivity index is 1.82. The van der Waals surface area contributed by atoms with Gasteiger partial charge in [0.15, 0.2) is 0 Å². The summed E-state index contributed by atoms with van der Waals surface area (Å²) in [4.78, 5) is 28.4. The number of carbonyl (C=O) groups excluding carboxylic acids is 2. The lowest BCUT2D eigenvalue weighted by Gasteiger charge is -2.31. The first kappa shape index (κ1) is 27.7. The number of hydrogen-bond donors (Lipinski definition) is 1. The maximum absolute atomic E-state index is 13.1. The molecular formula is C33H36N2O4. The molecule has 0 radical (unpaired) electrons. The number of carbonyl (C=O) groups is 2. The number of ether oxygens (including phenoxy) is 2. The number of esters is 2. The Morgan fingerprint density at radius 1 is 0.641 bits per heavy atom. The van der Waals surface area contributed by atoms with Gasteiger partial charge in [0, 0.05) is 28.5 Å². The van der Waals surface area contributed by atoms with Crippen LogP contribution in [0.3, 0.4) is 0 Å². The number of hydrogen-bond acceptors (Lipinski definition) is 6. The Kier molecular flexibility index (Phi) is 8.55. The molecule has 0 fully saturated rings. The Labute approximate surface area is 230 Å². The van der Waals surface area contributed by atoms with Crippen LogP contribution in [0.25, 0.3) is 0 Å². The van der Waals surface area contributed by atoms with E-state index in [1.165, 1.54) is 11.1 Å². The predicted molar refractivity (Wildman–Crippen MR) is 155 cm³/mol. The molecule has 0 spiro atoms. The molecule has 0 unspecified atom stereocenters. The standard InChI is InChI=1S/C33H36N2O4/c1-7-38-32(36)29-23(5)34-24(6)30(33(37)39-8-2)31(29)25-13-19-28(20-14-25)35(26-15-9-21(3)10-16-26)27-17-11-22(4)12-18-27/h9-20,31,34H,7-8H2,1-6H3. The molecular weight excluding hydrogens is 488 g/mol. The zero-order valence-corrected chi connectivity index (χ0v) is 23.5. The molecule has 0 aromatic heterocycles. The molecule has 3 aromatic carbocycles. The lowest BCUT2D eigenvalue weighted by atomic mass is 9.80. The zero-order valence-electron chi connectivity index (χ0n) is 23.5. The van der Waals surface area contributed by atoms with Gasteiger partial charge >= 0.3 is 11.9 Å². The molecule has 1 aliphatic rings. The van der Waals surface area contributed by atoms with Crippen molar-refractivity contribution in [2.45, 2.75) is 47.5 Å². The molecule has 3 aromatic rings. The topological polar surface area (TPSA) is 67.9 Å². The maximum Gasteiger partial charge on any atom is 0.336 e. The average molecular weight is 525 g/mol. The van der Waals surface area contributed by atoms with Crippen molar-refractivity contribution < 1.29 is 19.1 Å². The van der Waals surface area contributed by atoms with Gasteiger partial charge in [0.25, 0.3) is 0 Å². The maximum atomic E-state index is 13.1. The van der Waals surface area contributed by atoms with E-state index in [1.807, 2.05) is 38.1 Å². The molecule has 0 saturated carbocycles. The highest BCUT2D eigenvalue weighted by Crippen LogP contribution is 2.41. The van der Waals surface area contributed by atoms with Gasteiger partial charge in [-0.15, -0.1) is 0 Å². The zero-order chi connectivity index (χ0) is 28.1. The summed E-state index contributed by atoms with van der Waals surface area (Å²) in [6, 6.07) is 24.8. The first-order valence-electron chi connectivity index (χ1n) is 13.3. The minimum absolute atomic E-state index is 0.237. The molecule has 1 N–H and O–H groups in total. The molecule has 0 bridgehead atoms. The molecule has 4 rings (SSSR count). The fourth-order valence-electron chi connectivity index (χ4n) is 4.94. The predicted octanol–water partition coefficient (Wildman–Crippen LogP) is 7.13. The monoisotopic (exact) mass is 524 g/mol. The number of anilines is 3. The summed E-state index contributed by atoms with van der Waals surface area (Å²) in [5.41, 5.74) is 8.34. The molecule has 6 heteroatoms. The van der Waals surface area contributed by atoms with Crippen molar-refractivity contribution >= 4 is 29.0 Å². The Bertz CT molecular complexity index is 1320. The summed E-state index contributed by atoms with van der Waals surface area (Å²) in [5.74, 6) is -1.52. The number of dihydropyridines is 1. The molecule has 1 aliphatic heterocycles. The van der Waals surface area contributed by atoms with E-state index < -0.39 is 17.9 Å². The van der Waals surface area contributed by atoms with Crippen LogP contribution < -0.4 is 10.2 Å². The Morgan fingerprint density at radius 2 is 1.00 bits per heavy atom. The van der Waals surface area contributed by atoms with Gasteiger partial charge in [0.2, 0.25) is 0 Å². The fourth-order valence-corrected chi connectivity index (χ4v) is 4.94. The number of nitrogens with one attached hydrogen (secondary N) is 1. The Hall–Kier alpha value is -4.32. The third-order valence-corrected chi connectivity index (χ3v) is 6.82. The van der Waals surface area contributed by atoms with Gasteiger partial charge in [0.05, 0.1) is 30.3 Å². The second-order valence-electron chi connectivity index (χ2n) is 9.67. The van der Waals surface area contributed by atoms with Gasteiger partial charge in [-0.3, -0.25) is 0 Å². The van der Waals surface area contributed by atoms with E-state index in [9.17, 15) is 9.59 Å². The van der Waals surface area contributed by atoms with E-state index in [4.69, 9.17) is 9.47 Å². The van der Waals surface area contributed by atoms with E-state index in [1.54, 1.807) is 13.8 Å². The van der Waals surface area contributed by atoms with E-state index in [-0.39, 0.29) is 13.2 Å². The Morgan fingerprint density at radius 3 is 1.36 bits per heavy atom. The largest absolute Gasteiger partial charge is 0.463 e. The molecule has 202 valence electrons. The number of rotatable bonds is 8. The van der Waals surface area contributed by atoms with E-state index in [0.717, 1.165) is 22.6 Å². The minimum atomic E-state index is -0.620. The van der Waals surface area contributed by atoms with Crippen LogP contribution in [-0.4, -0.2) is 25.2 Å². The van der Waals surface area contributed by atoms with Crippen LogP contribution in [0.5, 0.6) is 0 Å². The van der Waals surface area contributed by atoms with E-state index >= 15 is 0 Å². The van der Waals surface area contributed by atoms with E-state index in [0.29, 0.717) is 22.5 Å². The lowest BCUT2D eigenvalue weighted by molar-refractivity contribution is -0.139. The SMILES string of the molecule is CCOC(=O)C1=C(C)NC(C)=C(C(=O)OCC)C1c1ccc(N(c2ccc(C)cc2)c2ccc(C)cc2)cc1. The smallest absolute Gasteiger partial charge is 0.336 e. The van der Waals surface area contributed by atoms with Gasteiger partial charge in [-0.2, -0.15) is 0 Å². The minimum Gasteiger partial charge on any atom is -0.463 e. The summed E-state index contributed by atoms with van der Waals surface area (Å²) in [5, 5.41) is 3.19. The highest BCUT2D eigenvalue weighted by Gasteiger charge is 2.38. The van der Waals surface area contributed by atoms with Crippen molar-refractivity contribution in [3.63, 3.8) is 0 Å². The molecule has 0 atom stereocenters. The summed E-state index contributed by atoms with van der Waals surface area (Å²) in [6.45, 7) is 11.8.